The highest BCUT2D eigenvalue weighted by Gasteiger charge is 2.16. The van der Waals surface area contributed by atoms with E-state index < -0.39 is 0 Å². The molecule has 0 spiro atoms. The molecular weight excluding hydrogens is 405 g/mol. The van der Waals surface area contributed by atoms with Gasteiger partial charge in [-0.1, -0.05) is 30.0 Å². The van der Waals surface area contributed by atoms with Crippen LogP contribution >= 0.6 is 27.7 Å². The highest BCUT2D eigenvalue weighted by molar-refractivity contribution is 9.10. The van der Waals surface area contributed by atoms with E-state index in [1.165, 1.54) is 6.07 Å². The second kappa shape index (κ2) is 8.01. The van der Waals surface area contributed by atoms with Crippen molar-refractivity contribution in [3.05, 3.63) is 58.3 Å². The number of halogens is 2. The summed E-state index contributed by atoms with van der Waals surface area (Å²) in [7, 11) is 1.65. The molecule has 0 aliphatic rings. The number of rotatable bonds is 6. The summed E-state index contributed by atoms with van der Waals surface area (Å²) in [6.45, 7) is 2.80. The van der Waals surface area contributed by atoms with E-state index in [1.54, 1.807) is 31.0 Å². The minimum absolute atomic E-state index is 0.260. The molecule has 1 heterocycles. The molecule has 0 unspecified atom stereocenters. The van der Waals surface area contributed by atoms with Gasteiger partial charge in [-0.15, -0.1) is 10.2 Å². The van der Waals surface area contributed by atoms with Crippen LogP contribution in [0.3, 0.4) is 0 Å². The van der Waals surface area contributed by atoms with Crippen LogP contribution in [0.2, 0.25) is 0 Å². The Balaban J connectivity index is 1.86. The van der Waals surface area contributed by atoms with Crippen molar-refractivity contribution in [1.29, 1.82) is 0 Å². The van der Waals surface area contributed by atoms with E-state index in [2.05, 4.69) is 37.6 Å². The first-order valence-electron chi connectivity index (χ1n) is 7.77. The molecule has 0 radical (unpaired) electrons. The summed E-state index contributed by atoms with van der Waals surface area (Å²) in [4.78, 5) is 0. The number of nitrogens with zero attached hydrogens (tertiary/aromatic N) is 3. The van der Waals surface area contributed by atoms with Crippen molar-refractivity contribution < 1.29 is 9.13 Å². The molecule has 130 valence electrons. The minimum Gasteiger partial charge on any atom is -0.496 e. The van der Waals surface area contributed by atoms with Gasteiger partial charge in [-0.2, -0.15) is 0 Å². The second-order valence-corrected chi connectivity index (χ2v) is 7.08. The first-order chi connectivity index (χ1) is 12.1. The molecule has 0 bridgehead atoms. The summed E-state index contributed by atoms with van der Waals surface area (Å²) in [6.07, 6.45) is 0. The molecule has 0 aliphatic heterocycles. The van der Waals surface area contributed by atoms with Crippen molar-refractivity contribution in [3.8, 4) is 17.1 Å². The Hall–Kier alpha value is -1.86. The molecule has 0 saturated carbocycles. The van der Waals surface area contributed by atoms with E-state index in [0.29, 0.717) is 10.2 Å². The number of hydrogen-bond acceptors (Lipinski definition) is 4. The van der Waals surface area contributed by atoms with Gasteiger partial charge < -0.3 is 9.30 Å². The third-order valence-corrected chi connectivity index (χ3v) is 5.38. The largest absolute Gasteiger partial charge is 0.496 e. The lowest BCUT2D eigenvalue weighted by Crippen LogP contribution is -2.01. The Morgan fingerprint density at radius 1 is 1.20 bits per heavy atom. The Morgan fingerprint density at radius 3 is 2.72 bits per heavy atom. The van der Waals surface area contributed by atoms with Gasteiger partial charge >= 0.3 is 0 Å². The molecule has 3 rings (SSSR count). The molecule has 0 saturated heterocycles. The molecule has 25 heavy (non-hydrogen) atoms. The molecule has 0 amide bonds. The molecule has 1 aromatic heterocycles. The Kier molecular flexibility index (Phi) is 5.75. The number of methoxy groups -OCH3 is 1. The Labute approximate surface area is 158 Å². The van der Waals surface area contributed by atoms with Crippen LogP contribution in [0.25, 0.3) is 11.4 Å². The molecule has 0 N–H and O–H groups in total. The lowest BCUT2D eigenvalue weighted by atomic mass is 10.2. The molecule has 7 heteroatoms. The van der Waals surface area contributed by atoms with Crippen LogP contribution in [0.1, 0.15) is 12.5 Å². The van der Waals surface area contributed by atoms with Crippen LogP contribution in [0.4, 0.5) is 4.39 Å². The van der Waals surface area contributed by atoms with E-state index in [0.717, 1.165) is 34.4 Å². The topological polar surface area (TPSA) is 39.9 Å². The lowest BCUT2D eigenvalue weighted by molar-refractivity contribution is 0.416. The standard InChI is InChI=1S/C18H17BrFN3OS/c1-3-23-17(13-6-4-5-7-16(13)24-2)21-22-18(23)25-11-12-8-9-15(20)14(19)10-12/h4-10H,3,11H2,1-2H3. The van der Waals surface area contributed by atoms with Crippen LogP contribution < -0.4 is 4.74 Å². The van der Waals surface area contributed by atoms with Gasteiger partial charge in [0.15, 0.2) is 11.0 Å². The number of benzene rings is 2. The minimum atomic E-state index is -0.260. The second-order valence-electron chi connectivity index (χ2n) is 5.29. The van der Waals surface area contributed by atoms with Crippen LogP contribution in [0.15, 0.2) is 52.1 Å². The van der Waals surface area contributed by atoms with Crippen molar-refractivity contribution in [2.24, 2.45) is 0 Å². The third kappa shape index (κ3) is 3.88. The fourth-order valence-electron chi connectivity index (χ4n) is 2.49. The van der Waals surface area contributed by atoms with Gasteiger partial charge in [-0.3, -0.25) is 0 Å². The number of aromatic nitrogens is 3. The van der Waals surface area contributed by atoms with E-state index in [1.807, 2.05) is 24.3 Å². The number of ether oxygens (including phenoxy) is 1. The van der Waals surface area contributed by atoms with Gasteiger partial charge in [0.25, 0.3) is 0 Å². The van der Waals surface area contributed by atoms with E-state index in [-0.39, 0.29) is 5.82 Å². The fourth-order valence-corrected chi connectivity index (χ4v) is 3.86. The van der Waals surface area contributed by atoms with Gasteiger partial charge in [0, 0.05) is 12.3 Å². The van der Waals surface area contributed by atoms with Gasteiger partial charge in [0.1, 0.15) is 11.6 Å². The highest BCUT2D eigenvalue weighted by Crippen LogP contribution is 2.32. The summed E-state index contributed by atoms with van der Waals surface area (Å²) < 4.78 is 21.3. The van der Waals surface area contributed by atoms with Gasteiger partial charge in [-0.05, 0) is 52.7 Å². The fraction of sp³-hybridized carbons (Fsp3) is 0.222. The average Bonchev–Trinajstić information content (AvgIpc) is 3.05. The zero-order valence-electron chi connectivity index (χ0n) is 13.9. The van der Waals surface area contributed by atoms with Crippen molar-refractivity contribution in [2.75, 3.05) is 7.11 Å². The van der Waals surface area contributed by atoms with Gasteiger partial charge in [-0.25, -0.2) is 4.39 Å². The van der Waals surface area contributed by atoms with Gasteiger partial charge in [0.2, 0.25) is 0 Å². The van der Waals surface area contributed by atoms with Crippen LogP contribution in [-0.4, -0.2) is 21.9 Å². The molecular formula is C18H17BrFN3OS. The predicted octanol–water partition coefficient (Wildman–Crippen LogP) is 5.17. The average molecular weight is 422 g/mol. The third-order valence-electron chi connectivity index (χ3n) is 3.73. The zero-order valence-corrected chi connectivity index (χ0v) is 16.3. The van der Waals surface area contributed by atoms with Crippen molar-refractivity contribution in [2.45, 2.75) is 24.4 Å². The number of hydrogen-bond donors (Lipinski definition) is 0. The van der Waals surface area contributed by atoms with Crippen molar-refractivity contribution >= 4 is 27.7 Å². The normalized spacial score (nSPS) is 10.9. The first kappa shape index (κ1) is 17.9. The van der Waals surface area contributed by atoms with Crippen LogP contribution in [0.5, 0.6) is 5.75 Å². The van der Waals surface area contributed by atoms with Crippen LogP contribution in [0, 0.1) is 5.82 Å². The van der Waals surface area contributed by atoms with Crippen molar-refractivity contribution in [3.63, 3.8) is 0 Å². The van der Waals surface area contributed by atoms with E-state index >= 15 is 0 Å². The molecule has 2 aromatic carbocycles. The van der Waals surface area contributed by atoms with E-state index in [9.17, 15) is 4.39 Å². The van der Waals surface area contributed by atoms with Crippen molar-refractivity contribution in [1.82, 2.24) is 14.8 Å². The maximum absolute atomic E-state index is 13.4. The monoisotopic (exact) mass is 421 g/mol. The molecule has 0 aliphatic carbocycles. The maximum atomic E-state index is 13.4. The summed E-state index contributed by atoms with van der Waals surface area (Å²) in [5.41, 5.74) is 1.93. The zero-order chi connectivity index (χ0) is 17.8. The highest BCUT2D eigenvalue weighted by atomic mass is 79.9. The molecule has 0 atom stereocenters. The summed E-state index contributed by atoms with van der Waals surface area (Å²) in [6, 6.07) is 12.8. The SMILES string of the molecule is CCn1c(SCc2ccc(F)c(Br)c2)nnc1-c1ccccc1OC. The number of thioether (sulfide) groups is 1. The molecule has 4 nitrogen and oxygen atoms in total. The van der Waals surface area contributed by atoms with E-state index in [4.69, 9.17) is 4.74 Å². The number of para-hydroxylation sites is 1. The van der Waals surface area contributed by atoms with Crippen LogP contribution in [-0.2, 0) is 12.3 Å². The maximum Gasteiger partial charge on any atom is 0.191 e. The summed E-state index contributed by atoms with van der Waals surface area (Å²) in [5.74, 6) is 1.97. The predicted molar refractivity (Wildman–Crippen MR) is 101 cm³/mol. The molecule has 3 aromatic rings. The Bertz CT molecular complexity index is 885. The first-order valence-corrected chi connectivity index (χ1v) is 9.55. The smallest absolute Gasteiger partial charge is 0.191 e. The quantitative estimate of drug-likeness (QED) is 0.514. The molecule has 0 fully saturated rings. The van der Waals surface area contributed by atoms with Gasteiger partial charge in [0.05, 0.1) is 17.1 Å². The Morgan fingerprint density at radius 2 is 2.00 bits per heavy atom. The summed E-state index contributed by atoms with van der Waals surface area (Å²) in [5, 5.41) is 9.50. The summed E-state index contributed by atoms with van der Waals surface area (Å²) >= 11 is 4.79. The lowest BCUT2D eigenvalue weighted by Gasteiger charge is -2.10.